The molecule has 8 heteroatoms. The molecule has 0 spiro atoms. The molecular weight excluding hydrogens is 380 g/mol. The van der Waals surface area contributed by atoms with Crippen LogP contribution in [0.15, 0.2) is 53.1 Å². The van der Waals surface area contributed by atoms with Crippen LogP contribution in [0.25, 0.3) is 17.1 Å². The zero-order valence-corrected chi connectivity index (χ0v) is 16.3. The number of aliphatic hydroxyl groups excluding tert-OH is 1. The van der Waals surface area contributed by atoms with E-state index >= 15 is 0 Å². The fourth-order valence-corrected chi connectivity index (χ4v) is 3.24. The summed E-state index contributed by atoms with van der Waals surface area (Å²) in [4.78, 5) is 12.8. The number of halogens is 1. The van der Waals surface area contributed by atoms with Crippen LogP contribution in [0.3, 0.4) is 0 Å². The van der Waals surface area contributed by atoms with E-state index < -0.39 is 6.10 Å². The molecule has 0 aliphatic carbocycles. The van der Waals surface area contributed by atoms with Gasteiger partial charge in [-0.25, -0.2) is 4.68 Å². The van der Waals surface area contributed by atoms with Crippen LogP contribution >= 0.6 is 12.4 Å². The molecule has 1 aromatic carbocycles. The molecule has 3 N–H and O–H groups in total. The van der Waals surface area contributed by atoms with Gasteiger partial charge in [-0.15, -0.1) is 12.4 Å². The van der Waals surface area contributed by atoms with Crippen LogP contribution in [0.5, 0.6) is 0 Å². The van der Waals surface area contributed by atoms with Gasteiger partial charge in [-0.1, -0.05) is 18.2 Å². The highest BCUT2D eigenvalue weighted by Crippen LogP contribution is 2.25. The van der Waals surface area contributed by atoms with Crippen LogP contribution in [-0.2, 0) is 0 Å². The predicted molar refractivity (Wildman–Crippen MR) is 108 cm³/mol. The van der Waals surface area contributed by atoms with Crippen LogP contribution in [0.4, 0.5) is 0 Å². The standard InChI is InChI=1S/C20H22N4O3.ClH/c1-13-7-8-18(27-13)19-16(12-24(23-19)15-5-3-2-4-6-15)20(26)22-10-14-9-21-11-17(14)25;/h2-8,12,14,17,21,25H,9-11H2,1H3,(H,22,26);1H. The van der Waals surface area contributed by atoms with Crippen LogP contribution in [0, 0.1) is 12.8 Å². The summed E-state index contributed by atoms with van der Waals surface area (Å²) in [5, 5.41) is 20.5. The van der Waals surface area contributed by atoms with Gasteiger partial charge in [-0.2, -0.15) is 5.10 Å². The number of carbonyl (C=O) groups excluding carboxylic acids is 1. The van der Waals surface area contributed by atoms with Crippen molar-refractivity contribution in [3.63, 3.8) is 0 Å². The summed E-state index contributed by atoms with van der Waals surface area (Å²) in [6.45, 7) is 3.50. The normalized spacial score (nSPS) is 18.6. The molecule has 0 saturated carbocycles. The van der Waals surface area contributed by atoms with E-state index in [1.165, 1.54) is 0 Å². The van der Waals surface area contributed by atoms with Crippen molar-refractivity contribution in [2.75, 3.05) is 19.6 Å². The molecule has 4 rings (SSSR count). The maximum absolute atomic E-state index is 12.8. The molecule has 28 heavy (non-hydrogen) atoms. The van der Waals surface area contributed by atoms with E-state index in [9.17, 15) is 9.90 Å². The lowest BCUT2D eigenvalue weighted by atomic mass is 10.1. The van der Waals surface area contributed by atoms with Crippen molar-refractivity contribution in [2.24, 2.45) is 5.92 Å². The summed E-state index contributed by atoms with van der Waals surface area (Å²) in [5.74, 6) is 1.08. The van der Waals surface area contributed by atoms with Gasteiger partial charge < -0.3 is 20.2 Å². The third kappa shape index (κ3) is 4.11. The van der Waals surface area contributed by atoms with Gasteiger partial charge in [0, 0.05) is 31.7 Å². The number of furan rings is 1. The third-order valence-electron chi connectivity index (χ3n) is 4.78. The summed E-state index contributed by atoms with van der Waals surface area (Å²) in [7, 11) is 0. The van der Waals surface area contributed by atoms with Crippen molar-refractivity contribution in [3.05, 3.63) is 60.0 Å². The number of aliphatic hydroxyl groups is 1. The van der Waals surface area contributed by atoms with Crippen LogP contribution in [-0.4, -0.2) is 46.5 Å². The SMILES string of the molecule is Cc1ccc(-c2nn(-c3ccccc3)cc2C(=O)NCC2CNCC2O)o1.Cl. The first kappa shape index (κ1) is 20.1. The highest BCUT2D eigenvalue weighted by Gasteiger charge is 2.26. The molecule has 0 radical (unpaired) electrons. The van der Waals surface area contributed by atoms with Crippen LogP contribution in [0.2, 0.25) is 0 Å². The summed E-state index contributed by atoms with van der Waals surface area (Å²) in [6, 6.07) is 13.3. The Morgan fingerprint density at radius 2 is 2.07 bits per heavy atom. The molecule has 2 atom stereocenters. The topological polar surface area (TPSA) is 92.3 Å². The fourth-order valence-electron chi connectivity index (χ4n) is 3.24. The van der Waals surface area contributed by atoms with Gasteiger partial charge in [-0.05, 0) is 31.2 Å². The quantitative estimate of drug-likeness (QED) is 0.608. The van der Waals surface area contributed by atoms with E-state index in [0.29, 0.717) is 36.7 Å². The Bertz CT molecular complexity index is 938. The number of benzene rings is 1. The van der Waals surface area contributed by atoms with Crippen LogP contribution in [0.1, 0.15) is 16.1 Å². The summed E-state index contributed by atoms with van der Waals surface area (Å²) >= 11 is 0. The first-order valence-corrected chi connectivity index (χ1v) is 9.00. The van der Waals surface area contributed by atoms with E-state index in [0.717, 1.165) is 11.4 Å². The zero-order chi connectivity index (χ0) is 18.8. The molecule has 1 saturated heterocycles. The number of aromatic nitrogens is 2. The highest BCUT2D eigenvalue weighted by molar-refractivity contribution is 5.99. The van der Waals surface area contributed by atoms with Crippen molar-refractivity contribution in [1.82, 2.24) is 20.4 Å². The Hall–Kier alpha value is -2.61. The number of hydrogen-bond donors (Lipinski definition) is 3. The smallest absolute Gasteiger partial charge is 0.255 e. The first-order chi connectivity index (χ1) is 13.1. The maximum atomic E-state index is 12.8. The number of aryl methyl sites for hydroxylation is 1. The summed E-state index contributed by atoms with van der Waals surface area (Å²) < 4.78 is 7.37. The second-order valence-corrected chi connectivity index (χ2v) is 6.78. The monoisotopic (exact) mass is 402 g/mol. The Kier molecular flexibility index (Phi) is 6.18. The maximum Gasteiger partial charge on any atom is 0.255 e. The minimum atomic E-state index is -0.440. The van der Waals surface area contributed by atoms with Crippen molar-refractivity contribution >= 4 is 18.3 Å². The number of amides is 1. The number of nitrogens with one attached hydrogen (secondary N) is 2. The van der Waals surface area contributed by atoms with E-state index in [1.54, 1.807) is 10.9 Å². The first-order valence-electron chi connectivity index (χ1n) is 9.00. The number of rotatable bonds is 5. The average molecular weight is 403 g/mol. The van der Waals surface area contributed by atoms with Gasteiger partial charge in [0.05, 0.1) is 17.4 Å². The molecule has 1 aliphatic heterocycles. The molecule has 2 aromatic heterocycles. The highest BCUT2D eigenvalue weighted by atomic mass is 35.5. The van der Waals surface area contributed by atoms with Gasteiger partial charge in [0.1, 0.15) is 11.5 Å². The molecule has 3 heterocycles. The number of nitrogens with zero attached hydrogens (tertiary/aromatic N) is 2. The molecule has 1 fully saturated rings. The molecule has 7 nitrogen and oxygen atoms in total. The second-order valence-electron chi connectivity index (χ2n) is 6.78. The Morgan fingerprint density at radius 3 is 2.71 bits per heavy atom. The molecule has 1 aliphatic rings. The summed E-state index contributed by atoms with van der Waals surface area (Å²) in [5.41, 5.74) is 1.79. The van der Waals surface area contributed by atoms with E-state index in [1.807, 2.05) is 49.4 Å². The molecule has 2 unspecified atom stereocenters. The van der Waals surface area contributed by atoms with Crippen molar-refractivity contribution in [2.45, 2.75) is 13.0 Å². The Labute approximate surface area is 169 Å². The number of carbonyl (C=O) groups is 1. The largest absolute Gasteiger partial charge is 0.460 e. The number of para-hydroxylation sites is 1. The lowest BCUT2D eigenvalue weighted by molar-refractivity contribution is 0.0927. The van der Waals surface area contributed by atoms with E-state index in [-0.39, 0.29) is 24.2 Å². The molecule has 148 valence electrons. The third-order valence-corrected chi connectivity index (χ3v) is 4.78. The molecular formula is C20H23ClN4O3. The van der Waals surface area contributed by atoms with Crippen molar-refractivity contribution in [1.29, 1.82) is 0 Å². The minimum Gasteiger partial charge on any atom is -0.460 e. The Balaban J connectivity index is 0.00000225. The van der Waals surface area contributed by atoms with Crippen LogP contribution < -0.4 is 10.6 Å². The lowest BCUT2D eigenvalue weighted by Crippen LogP contribution is -2.34. The van der Waals surface area contributed by atoms with Gasteiger partial charge in [0.15, 0.2) is 5.76 Å². The van der Waals surface area contributed by atoms with Crippen molar-refractivity contribution in [3.8, 4) is 17.1 Å². The van der Waals surface area contributed by atoms with Gasteiger partial charge in [0.25, 0.3) is 5.91 Å². The molecule has 1 amide bonds. The zero-order valence-electron chi connectivity index (χ0n) is 15.5. The van der Waals surface area contributed by atoms with Gasteiger partial charge in [-0.3, -0.25) is 4.79 Å². The lowest BCUT2D eigenvalue weighted by Gasteiger charge is -2.13. The van der Waals surface area contributed by atoms with E-state index in [4.69, 9.17) is 4.42 Å². The fraction of sp³-hybridized carbons (Fsp3) is 0.300. The van der Waals surface area contributed by atoms with Gasteiger partial charge >= 0.3 is 0 Å². The average Bonchev–Trinajstić information content (AvgIpc) is 3.40. The molecule has 0 bridgehead atoms. The molecule has 3 aromatic rings. The number of hydrogen-bond acceptors (Lipinski definition) is 5. The minimum absolute atomic E-state index is 0. The van der Waals surface area contributed by atoms with E-state index in [2.05, 4.69) is 15.7 Å². The van der Waals surface area contributed by atoms with Gasteiger partial charge in [0.2, 0.25) is 0 Å². The number of β-amino-alcohol motifs (C(OH)–C–C–N with tert-alkyl or cyclic N) is 1. The predicted octanol–water partition coefficient (Wildman–Crippen LogP) is 2.17. The second kappa shape index (κ2) is 8.60. The van der Waals surface area contributed by atoms with Crippen molar-refractivity contribution < 1.29 is 14.3 Å². The summed E-state index contributed by atoms with van der Waals surface area (Å²) in [6.07, 6.45) is 1.27. The Morgan fingerprint density at radius 1 is 1.29 bits per heavy atom.